The van der Waals surface area contributed by atoms with E-state index in [2.05, 4.69) is 17.2 Å². The van der Waals surface area contributed by atoms with Crippen LogP contribution >= 0.6 is 0 Å². The highest BCUT2D eigenvalue weighted by Gasteiger charge is 2.08. The first-order valence-corrected chi connectivity index (χ1v) is 5.16. The number of carbonyl (C=O) groups is 1. The molecule has 0 radical (unpaired) electrons. The molecular weight excluding hydrogens is 188 g/mol. The van der Waals surface area contributed by atoms with Crippen molar-refractivity contribution in [2.24, 2.45) is 0 Å². The summed E-state index contributed by atoms with van der Waals surface area (Å²) in [5, 5.41) is 4.19. The molecule has 0 aliphatic carbocycles. The summed E-state index contributed by atoms with van der Waals surface area (Å²) in [7, 11) is 0. The SMILES string of the molecule is CCCNc1[nH]c2ccccc2c1C=O. The van der Waals surface area contributed by atoms with Gasteiger partial charge in [-0.15, -0.1) is 0 Å². The fourth-order valence-corrected chi connectivity index (χ4v) is 1.68. The molecular formula is C12H14N2O. The first kappa shape index (κ1) is 9.77. The normalized spacial score (nSPS) is 10.5. The number of benzene rings is 1. The van der Waals surface area contributed by atoms with Crippen molar-refractivity contribution >= 4 is 23.0 Å². The predicted molar refractivity (Wildman–Crippen MR) is 62.5 cm³/mol. The minimum absolute atomic E-state index is 0.721. The van der Waals surface area contributed by atoms with Gasteiger partial charge in [0.1, 0.15) is 5.82 Å². The van der Waals surface area contributed by atoms with E-state index in [1.807, 2.05) is 24.3 Å². The monoisotopic (exact) mass is 202 g/mol. The van der Waals surface area contributed by atoms with Gasteiger partial charge in [-0.2, -0.15) is 0 Å². The van der Waals surface area contributed by atoms with Crippen LogP contribution in [0.3, 0.4) is 0 Å². The summed E-state index contributed by atoms with van der Waals surface area (Å²) >= 11 is 0. The molecule has 3 nitrogen and oxygen atoms in total. The summed E-state index contributed by atoms with van der Waals surface area (Å²) in [4.78, 5) is 14.2. The predicted octanol–water partition coefficient (Wildman–Crippen LogP) is 2.80. The van der Waals surface area contributed by atoms with Crippen LogP contribution in [0.2, 0.25) is 0 Å². The van der Waals surface area contributed by atoms with Crippen molar-refractivity contribution in [2.75, 3.05) is 11.9 Å². The molecule has 3 heteroatoms. The third kappa shape index (κ3) is 1.73. The lowest BCUT2D eigenvalue weighted by atomic mass is 10.2. The number of para-hydroxylation sites is 1. The largest absolute Gasteiger partial charge is 0.371 e. The van der Waals surface area contributed by atoms with Crippen LogP contribution in [-0.2, 0) is 0 Å². The summed E-state index contributed by atoms with van der Waals surface area (Å²) < 4.78 is 0. The fraction of sp³-hybridized carbons (Fsp3) is 0.250. The van der Waals surface area contributed by atoms with E-state index in [1.165, 1.54) is 0 Å². The highest BCUT2D eigenvalue weighted by Crippen LogP contribution is 2.24. The first-order valence-electron chi connectivity index (χ1n) is 5.16. The molecule has 2 N–H and O–H groups in total. The Morgan fingerprint density at radius 2 is 2.20 bits per heavy atom. The molecule has 1 heterocycles. The molecule has 0 unspecified atom stereocenters. The van der Waals surface area contributed by atoms with Crippen LogP contribution in [0.1, 0.15) is 23.7 Å². The Hall–Kier alpha value is -1.77. The van der Waals surface area contributed by atoms with Gasteiger partial charge in [0.05, 0.1) is 5.56 Å². The number of hydrogen-bond donors (Lipinski definition) is 2. The zero-order chi connectivity index (χ0) is 10.7. The van der Waals surface area contributed by atoms with Gasteiger partial charge in [-0.05, 0) is 12.5 Å². The second kappa shape index (κ2) is 4.17. The maximum atomic E-state index is 11.0. The third-order valence-corrected chi connectivity index (χ3v) is 2.42. The van der Waals surface area contributed by atoms with Crippen molar-refractivity contribution in [3.63, 3.8) is 0 Å². The molecule has 0 aliphatic heterocycles. The van der Waals surface area contributed by atoms with Crippen LogP contribution in [0.15, 0.2) is 24.3 Å². The summed E-state index contributed by atoms with van der Waals surface area (Å²) in [6, 6.07) is 7.82. The molecule has 15 heavy (non-hydrogen) atoms. The van der Waals surface area contributed by atoms with E-state index in [0.29, 0.717) is 0 Å². The number of H-pyrrole nitrogens is 1. The summed E-state index contributed by atoms with van der Waals surface area (Å²) in [6.07, 6.45) is 1.94. The molecule has 0 aliphatic rings. The minimum atomic E-state index is 0.721. The summed E-state index contributed by atoms with van der Waals surface area (Å²) in [5.41, 5.74) is 1.72. The van der Waals surface area contributed by atoms with E-state index in [0.717, 1.165) is 41.5 Å². The number of hydrogen-bond acceptors (Lipinski definition) is 2. The molecule has 0 saturated carbocycles. The lowest BCUT2D eigenvalue weighted by Crippen LogP contribution is -2.01. The van der Waals surface area contributed by atoms with Crippen LogP contribution < -0.4 is 5.32 Å². The molecule has 2 rings (SSSR count). The van der Waals surface area contributed by atoms with E-state index in [-0.39, 0.29) is 0 Å². The molecule has 0 bridgehead atoms. The fourth-order valence-electron chi connectivity index (χ4n) is 1.68. The zero-order valence-electron chi connectivity index (χ0n) is 8.71. The molecule has 0 saturated heterocycles. The Balaban J connectivity index is 2.49. The molecule has 0 amide bonds. The van der Waals surface area contributed by atoms with Crippen molar-refractivity contribution in [3.8, 4) is 0 Å². The third-order valence-electron chi connectivity index (χ3n) is 2.42. The van der Waals surface area contributed by atoms with Gasteiger partial charge in [0.15, 0.2) is 6.29 Å². The second-order valence-electron chi connectivity index (χ2n) is 3.50. The van der Waals surface area contributed by atoms with Crippen LogP contribution in [0.25, 0.3) is 10.9 Å². The van der Waals surface area contributed by atoms with Gasteiger partial charge < -0.3 is 10.3 Å². The van der Waals surface area contributed by atoms with Crippen LogP contribution in [0.5, 0.6) is 0 Å². The number of carbonyl (C=O) groups excluding carboxylic acids is 1. The Kier molecular flexibility index (Phi) is 2.72. The Morgan fingerprint density at radius 1 is 1.40 bits per heavy atom. The van der Waals surface area contributed by atoms with Crippen molar-refractivity contribution < 1.29 is 4.79 Å². The highest BCUT2D eigenvalue weighted by molar-refractivity contribution is 6.03. The van der Waals surface area contributed by atoms with Crippen LogP contribution in [-0.4, -0.2) is 17.8 Å². The molecule has 2 aromatic rings. The quantitative estimate of drug-likeness (QED) is 0.749. The van der Waals surface area contributed by atoms with E-state index < -0.39 is 0 Å². The molecule has 0 spiro atoms. The van der Waals surface area contributed by atoms with Gasteiger partial charge >= 0.3 is 0 Å². The molecule has 78 valence electrons. The number of aromatic amines is 1. The lowest BCUT2D eigenvalue weighted by molar-refractivity contribution is 0.112. The number of rotatable bonds is 4. The topological polar surface area (TPSA) is 44.9 Å². The van der Waals surface area contributed by atoms with Crippen molar-refractivity contribution in [1.29, 1.82) is 0 Å². The second-order valence-corrected chi connectivity index (χ2v) is 3.50. The Bertz CT molecular complexity index is 473. The van der Waals surface area contributed by atoms with Gasteiger partial charge in [0.25, 0.3) is 0 Å². The Morgan fingerprint density at radius 3 is 2.93 bits per heavy atom. The average Bonchev–Trinajstić information content (AvgIpc) is 2.63. The number of nitrogens with one attached hydrogen (secondary N) is 2. The van der Waals surface area contributed by atoms with E-state index in [9.17, 15) is 4.79 Å². The van der Waals surface area contributed by atoms with Gasteiger partial charge in [0, 0.05) is 17.4 Å². The molecule has 1 aromatic heterocycles. The summed E-state index contributed by atoms with van der Waals surface area (Å²) in [5.74, 6) is 0.827. The van der Waals surface area contributed by atoms with Gasteiger partial charge in [-0.25, -0.2) is 0 Å². The van der Waals surface area contributed by atoms with Gasteiger partial charge in [-0.1, -0.05) is 25.1 Å². The van der Waals surface area contributed by atoms with Crippen molar-refractivity contribution in [1.82, 2.24) is 4.98 Å². The highest BCUT2D eigenvalue weighted by atomic mass is 16.1. The van der Waals surface area contributed by atoms with Crippen molar-refractivity contribution in [2.45, 2.75) is 13.3 Å². The molecule has 1 aromatic carbocycles. The van der Waals surface area contributed by atoms with Crippen LogP contribution in [0, 0.1) is 0 Å². The van der Waals surface area contributed by atoms with E-state index in [1.54, 1.807) is 0 Å². The smallest absolute Gasteiger partial charge is 0.154 e. The maximum absolute atomic E-state index is 11.0. The Labute approximate surface area is 88.5 Å². The standard InChI is InChI=1S/C12H14N2O/c1-2-7-13-12-10(8-15)9-5-3-4-6-11(9)14-12/h3-6,8,13-14H,2,7H2,1H3. The zero-order valence-corrected chi connectivity index (χ0v) is 8.71. The average molecular weight is 202 g/mol. The van der Waals surface area contributed by atoms with Crippen LogP contribution in [0.4, 0.5) is 5.82 Å². The number of fused-ring (bicyclic) bond motifs is 1. The molecule has 0 fully saturated rings. The summed E-state index contributed by atoms with van der Waals surface area (Å²) in [6.45, 7) is 2.96. The maximum Gasteiger partial charge on any atom is 0.154 e. The molecule has 0 atom stereocenters. The number of anilines is 1. The van der Waals surface area contributed by atoms with E-state index >= 15 is 0 Å². The number of aldehydes is 1. The van der Waals surface area contributed by atoms with Gasteiger partial charge in [-0.3, -0.25) is 4.79 Å². The minimum Gasteiger partial charge on any atom is -0.371 e. The van der Waals surface area contributed by atoms with Gasteiger partial charge in [0.2, 0.25) is 0 Å². The van der Waals surface area contributed by atoms with E-state index in [4.69, 9.17) is 0 Å². The first-order chi connectivity index (χ1) is 7.36. The lowest BCUT2D eigenvalue weighted by Gasteiger charge is -2.01. The van der Waals surface area contributed by atoms with Crippen molar-refractivity contribution in [3.05, 3.63) is 29.8 Å². The number of aromatic nitrogens is 1.